The molecule has 0 radical (unpaired) electrons. The van der Waals surface area contributed by atoms with Crippen LogP contribution in [0.15, 0.2) is 75.0 Å². The minimum absolute atomic E-state index is 0.0787. The number of para-hydroxylation sites is 1. The molecule has 4 nitrogen and oxygen atoms in total. The van der Waals surface area contributed by atoms with Crippen LogP contribution in [0, 0.1) is 13.8 Å². The van der Waals surface area contributed by atoms with Gasteiger partial charge in [-0.2, -0.15) is 0 Å². The standard InChI is InChI=1S/C27H26BrN3OS/c1-18-16-20(19(2)30(18)24-14-12-21(28)13-15-24)17-25-26(32)31(23-10-6-7-11-23)27(33-25)29-22-8-4-3-5-9-22/h3-5,8-9,12-17,23H,6-7,10-11H2,1-2H3/b25-17-,29-27?. The molecule has 0 unspecified atom stereocenters. The van der Waals surface area contributed by atoms with Crippen LogP contribution in [0.3, 0.4) is 0 Å². The fourth-order valence-corrected chi connectivity index (χ4v) is 6.04. The Balaban J connectivity index is 1.52. The normalized spacial score (nSPS) is 19.4. The van der Waals surface area contributed by atoms with Crippen LogP contribution in [0.2, 0.25) is 0 Å². The summed E-state index contributed by atoms with van der Waals surface area (Å²) >= 11 is 5.01. The molecule has 1 saturated carbocycles. The molecule has 2 fully saturated rings. The first-order valence-electron chi connectivity index (χ1n) is 11.3. The van der Waals surface area contributed by atoms with E-state index in [0.717, 1.165) is 55.7 Å². The van der Waals surface area contributed by atoms with Crippen LogP contribution in [-0.2, 0) is 4.79 Å². The molecule has 0 N–H and O–H groups in total. The fraction of sp³-hybridized carbons (Fsp3) is 0.259. The quantitative estimate of drug-likeness (QED) is 0.336. The maximum atomic E-state index is 13.6. The Bertz CT molecular complexity index is 1240. The van der Waals surface area contributed by atoms with Crippen molar-refractivity contribution in [3.63, 3.8) is 0 Å². The predicted octanol–water partition coefficient (Wildman–Crippen LogP) is 7.40. The van der Waals surface area contributed by atoms with Crippen molar-refractivity contribution in [3.8, 4) is 5.69 Å². The zero-order valence-electron chi connectivity index (χ0n) is 18.8. The highest BCUT2D eigenvalue weighted by Crippen LogP contribution is 2.39. The van der Waals surface area contributed by atoms with Crippen molar-refractivity contribution in [3.05, 3.63) is 87.0 Å². The Morgan fingerprint density at radius 1 is 1.03 bits per heavy atom. The number of amides is 1. The third-order valence-corrected chi connectivity index (χ3v) is 7.86. The van der Waals surface area contributed by atoms with Gasteiger partial charge in [0, 0.05) is 27.6 Å². The van der Waals surface area contributed by atoms with Gasteiger partial charge < -0.3 is 4.57 Å². The highest BCUT2D eigenvalue weighted by Gasteiger charge is 2.39. The number of aromatic nitrogens is 1. The van der Waals surface area contributed by atoms with Crippen LogP contribution in [0.25, 0.3) is 11.8 Å². The summed E-state index contributed by atoms with van der Waals surface area (Å²) in [5.74, 6) is 0.0787. The highest BCUT2D eigenvalue weighted by molar-refractivity contribution is 9.10. The summed E-state index contributed by atoms with van der Waals surface area (Å²) in [6.45, 7) is 4.22. The summed E-state index contributed by atoms with van der Waals surface area (Å²) in [6.07, 6.45) is 6.48. The number of aryl methyl sites for hydroxylation is 1. The molecule has 1 aromatic heterocycles. The average molecular weight is 520 g/mol. The first-order chi connectivity index (χ1) is 16.0. The fourth-order valence-electron chi connectivity index (χ4n) is 4.72. The zero-order chi connectivity index (χ0) is 22.9. The van der Waals surface area contributed by atoms with E-state index in [1.807, 2.05) is 41.3 Å². The van der Waals surface area contributed by atoms with Gasteiger partial charge in [-0.25, -0.2) is 4.99 Å². The third-order valence-electron chi connectivity index (χ3n) is 6.35. The summed E-state index contributed by atoms with van der Waals surface area (Å²) in [5, 5.41) is 0.797. The molecule has 5 rings (SSSR count). The Kier molecular flexibility index (Phi) is 6.30. The average Bonchev–Trinajstić information content (AvgIpc) is 3.50. The van der Waals surface area contributed by atoms with Crippen molar-refractivity contribution in [1.29, 1.82) is 0 Å². The third kappa shape index (κ3) is 4.46. The summed E-state index contributed by atoms with van der Waals surface area (Å²) in [4.78, 5) is 21.1. The second-order valence-corrected chi connectivity index (χ2v) is 10.5. The minimum Gasteiger partial charge on any atom is -0.318 e. The highest BCUT2D eigenvalue weighted by atomic mass is 79.9. The number of carbonyl (C=O) groups excluding carboxylic acids is 1. The van der Waals surface area contributed by atoms with Gasteiger partial charge in [-0.3, -0.25) is 9.69 Å². The van der Waals surface area contributed by atoms with Gasteiger partial charge in [-0.05, 0) is 92.6 Å². The van der Waals surface area contributed by atoms with Crippen molar-refractivity contribution in [1.82, 2.24) is 9.47 Å². The number of nitrogens with zero attached hydrogens (tertiary/aromatic N) is 3. The number of halogens is 1. The molecule has 33 heavy (non-hydrogen) atoms. The van der Waals surface area contributed by atoms with E-state index in [2.05, 4.69) is 64.7 Å². The van der Waals surface area contributed by atoms with E-state index in [1.54, 1.807) is 0 Å². The molecule has 1 aliphatic carbocycles. The number of hydrogen-bond acceptors (Lipinski definition) is 3. The molecular formula is C27H26BrN3OS. The topological polar surface area (TPSA) is 37.6 Å². The number of rotatable bonds is 4. The van der Waals surface area contributed by atoms with E-state index in [-0.39, 0.29) is 11.9 Å². The summed E-state index contributed by atoms with van der Waals surface area (Å²) in [5.41, 5.74) is 5.32. The second kappa shape index (κ2) is 9.35. The lowest BCUT2D eigenvalue weighted by Crippen LogP contribution is -2.37. The Morgan fingerprint density at radius 3 is 2.42 bits per heavy atom. The van der Waals surface area contributed by atoms with Crippen LogP contribution < -0.4 is 0 Å². The van der Waals surface area contributed by atoms with Gasteiger partial charge in [-0.1, -0.05) is 47.0 Å². The van der Waals surface area contributed by atoms with Gasteiger partial charge >= 0.3 is 0 Å². The Labute approximate surface area is 207 Å². The van der Waals surface area contributed by atoms with E-state index in [9.17, 15) is 4.79 Å². The number of amidine groups is 1. The van der Waals surface area contributed by atoms with Gasteiger partial charge in [0.2, 0.25) is 0 Å². The molecule has 0 spiro atoms. The number of carbonyl (C=O) groups is 1. The maximum absolute atomic E-state index is 13.6. The van der Waals surface area contributed by atoms with Crippen molar-refractivity contribution in [2.75, 3.05) is 0 Å². The molecule has 1 amide bonds. The van der Waals surface area contributed by atoms with Crippen molar-refractivity contribution in [2.24, 2.45) is 4.99 Å². The molecular weight excluding hydrogens is 494 g/mol. The largest absolute Gasteiger partial charge is 0.318 e. The van der Waals surface area contributed by atoms with E-state index in [0.29, 0.717) is 0 Å². The van der Waals surface area contributed by atoms with Gasteiger partial charge in [0.15, 0.2) is 5.17 Å². The summed E-state index contributed by atoms with van der Waals surface area (Å²) < 4.78 is 3.29. The van der Waals surface area contributed by atoms with Gasteiger partial charge in [0.25, 0.3) is 5.91 Å². The van der Waals surface area contributed by atoms with Crippen molar-refractivity contribution >= 4 is 50.5 Å². The molecule has 2 aliphatic rings. The summed E-state index contributed by atoms with van der Waals surface area (Å²) in [7, 11) is 0. The molecule has 1 saturated heterocycles. The number of aliphatic imine (C=N–C) groups is 1. The lowest BCUT2D eigenvalue weighted by molar-refractivity contribution is -0.123. The van der Waals surface area contributed by atoms with Crippen LogP contribution >= 0.6 is 27.7 Å². The Morgan fingerprint density at radius 2 is 1.73 bits per heavy atom. The maximum Gasteiger partial charge on any atom is 0.267 e. The molecule has 0 bridgehead atoms. The summed E-state index contributed by atoms with van der Waals surface area (Å²) in [6, 6.07) is 20.6. The number of thioether (sulfide) groups is 1. The van der Waals surface area contributed by atoms with Gasteiger partial charge in [0.1, 0.15) is 0 Å². The SMILES string of the molecule is Cc1cc(/C=C2\SC(=Nc3ccccc3)N(C3CCCC3)C2=O)c(C)n1-c1ccc(Br)cc1. The van der Waals surface area contributed by atoms with Crippen molar-refractivity contribution in [2.45, 2.75) is 45.6 Å². The molecule has 2 aromatic carbocycles. The molecule has 2 heterocycles. The van der Waals surface area contributed by atoms with E-state index in [4.69, 9.17) is 4.99 Å². The minimum atomic E-state index is 0.0787. The second-order valence-electron chi connectivity index (χ2n) is 8.59. The molecule has 6 heteroatoms. The van der Waals surface area contributed by atoms with E-state index < -0.39 is 0 Å². The molecule has 168 valence electrons. The Hall–Kier alpha value is -2.57. The number of benzene rings is 2. The lowest BCUT2D eigenvalue weighted by Gasteiger charge is -2.22. The van der Waals surface area contributed by atoms with Crippen LogP contribution in [-0.4, -0.2) is 26.6 Å². The van der Waals surface area contributed by atoms with Crippen LogP contribution in [0.4, 0.5) is 5.69 Å². The van der Waals surface area contributed by atoms with Crippen LogP contribution in [0.1, 0.15) is 42.6 Å². The van der Waals surface area contributed by atoms with Crippen molar-refractivity contribution < 1.29 is 4.79 Å². The van der Waals surface area contributed by atoms with E-state index >= 15 is 0 Å². The first kappa shape index (κ1) is 22.2. The van der Waals surface area contributed by atoms with Gasteiger partial charge in [0.05, 0.1) is 10.6 Å². The predicted molar refractivity (Wildman–Crippen MR) is 141 cm³/mol. The van der Waals surface area contributed by atoms with Crippen LogP contribution in [0.5, 0.6) is 0 Å². The molecule has 0 atom stereocenters. The smallest absolute Gasteiger partial charge is 0.267 e. The monoisotopic (exact) mass is 519 g/mol. The van der Waals surface area contributed by atoms with Gasteiger partial charge in [-0.15, -0.1) is 0 Å². The first-order valence-corrected chi connectivity index (χ1v) is 12.9. The number of hydrogen-bond donors (Lipinski definition) is 0. The zero-order valence-corrected chi connectivity index (χ0v) is 21.2. The molecule has 3 aromatic rings. The lowest BCUT2D eigenvalue weighted by atomic mass is 10.2. The van der Waals surface area contributed by atoms with E-state index in [1.165, 1.54) is 24.6 Å². The molecule has 1 aliphatic heterocycles.